The van der Waals surface area contributed by atoms with Crippen LogP contribution in [0.5, 0.6) is 0 Å². The van der Waals surface area contributed by atoms with Gasteiger partial charge in [0.2, 0.25) is 0 Å². The lowest BCUT2D eigenvalue weighted by atomic mass is 9.62. The van der Waals surface area contributed by atoms with Gasteiger partial charge >= 0.3 is 0 Å². The summed E-state index contributed by atoms with van der Waals surface area (Å²) in [5, 5.41) is 22.5. The first-order valence-corrected chi connectivity index (χ1v) is 18.4. The number of aliphatic hydroxyl groups is 2. The van der Waals surface area contributed by atoms with E-state index in [1.54, 1.807) is 0 Å². The van der Waals surface area contributed by atoms with Gasteiger partial charge in [-0.2, -0.15) is 0 Å². The van der Waals surface area contributed by atoms with Crippen LogP contribution in [0.1, 0.15) is 223 Å². The fraction of sp³-hybridized carbons (Fsp3) is 1.00. The van der Waals surface area contributed by atoms with Crippen LogP contribution in [-0.2, 0) is 0 Å². The number of hydrogen-bond acceptors (Lipinski definition) is 2. The Morgan fingerprint density at radius 3 is 0.600 bits per heavy atom. The molecule has 0 aliphatic carbocycles. The Morgan fingerprint density at radius 2 is 0.450 bits per heavy atom. The van der Waals surface area contributed by atoms with E-state index in [1.807, 2.05) is 0 Å². The third kappa shape index (κ3) is 15.4. The second kappa shape index (κ2) is 24.4. The van der Waals surface area contributed by atoms with E-state index in [4.69, 9.17) is 0 Å². The molecule has 0 aromatic rings. The third-order valence-corrected chi connectivity index (χ3v) is 10.4. The van der Waals surface area contributed by atoms with E-state index in [1.165, 1.54) is 128 Å². The largest absolute Gasteiger partial charge is 0.390 e. The lowest BCUT2D eigenvalue weighted by Crippen LogP contribution is -2.46. The maximum absolute atomic E-state index is 11.2. The predicted molar refractivity (Wildman–Crippen MR) is 182 cm³/mol. The molecule has 0 bridgehead atoms. The highest BCUT2D eigenvalue weighted by molar-refractivity contribution is 4.97. The van der Waals surface area contributed by atoms with E-state index in [0.717, 1.165) is 25.7 Å². The Morgan fingerprint density at radius 1 is 0.300 bits per heavy atom. The normalized spacial score (nSPS) is 15.3. The van der Waals surface area contributed by atoms with Crippen LogP contribution in [0.4, 0.5) is 0 Å². The molecule has 244 valence electrons. The fourth-order valence-electron chi connectivity index (χ4n) is 7.03. The van der Waals surface area contributed by atoms with Crippen molar-refractivity contribution in [3.05, 3.63) is 0 Å². The maximum Gasteiger partial charge on any atom is 0.0675 e. The molecule has 0 radical (unpaired) electrons. The van der Waals surface area contributed by atoms with Crippen LogP contribution in [0.25, 0.3) is 0 Å². The Balaban J connectivity index is 0. The summed E-state index contributed by atoms with van der Waals surface area (Å²) in [5.41, 5.74) is -0.653. The number of unbranched alkanes of at least 4 members (excludes halogenated alkanes) is 8. The Kier molecular flexibility index (Phi) is 25.6. The molecule has 0 fully saturated rings. The van der Waals surface area contributed by atoms with E-state index >= 15 is 0 Å². The van der Waals surface area contributed by atoms with Crippen molar-refractivity contribution in [3.8, 4) is 0 Å². The van der Waals surface area contributed by atoms with Crippen molar-refractivity contribution in [2.75, 3.05) is 0 Å². The number of hydrogen-bond donors (Lipinski definition) is 2. The van der Waals surface area contributed by atoms with Crippen molar-refractivity contribution in [1.82, 2.24) is 0 Å². The highest BCUT2D eigenvalue weighted by Crippen LogP contribution is 2.49. The summed E-state index contributed by atoms with van der Waals surface area (Å²) in [7, 11) is 0. The third-order valence-electron chi connectivity index (χ3n) is 10.4. The molecule has 2 unspecified atom stereocenters. The van der Waals surface area contributed by atoms with Gasteiger partial charge in [0.05, 0.1) is 11.2 Å². The lowest BCUT2D eigenvalue weighted by molar-refractivity contribution is -0.0959. The molecule has 2 heteroatoms. The molecule has 0 amide bonds. The van der Waals surface area contributed by atoms with Crippen LogP contribution in [0.15, 0.2) is 0 Å². The molecule has 0 aromatic carbocycles. The van der Waals surface area contributed by atoms with Gasteiger partial charge in [-0.05, 0) is 76.0 Å². The SMILES string of the molecule is CCCCC(C)(O)C(CCCC)(CCCC)CCCC.CCCCC(C)(O)C(CCCC)(CCCC)CCCC. The molecule has 0 aliphatic heterocycles. The zero-order chi connectivity index (χ0) is 31.0. The summed E-state index contributed by atoms with van der Waals surface area (Å²) < 4.78 is 0. The van der Waals surface area contributed by atoms with Gasteiger partial charge in [-0.3, -0.25) is 0 Å². The van der Waals surface area contributed by atoms with Crippen LogP contribution in [0, 0.1) is 10.8 Å². The zero-order valence-corrected chi connectivity index (χ0v) is 29.9. The molecule has 0 rings (SSSR count). The first kappa shape index (κ1) is 42.1. The summed E-state index contributed by atoms with van der Waals surface area (Å²) in [4.78, 5) is 0. The second-order valence-corrected chi connectivity index (χ2v) is 13.9. The average molecular weight is 569 g/mol. The van der Waals surface area contributed by atoms with Crippen LogP contribution in [0.3, 0.4) is 0 Å². The maximum atomic E-state index is 11.2. The van der Waals surface area contributed by atoms with Gasteiger partial charge in [-0.15, -0.1) is 0 Å². The summed E-state index contributed by atoms with van der Waals surface area (Å²) >= 11 is 0. The van der Waals surface area contributed by atoms with Gasteiger partial charge in [-0.25, -0.2) is 0 Å². The summed E-state index contributed by atoms with van der Waals surface area (Å²) in [6.07, 6.45) is 28.9. The number of rotatable bonds is 26. The average Bonchev–Trinajstić information content (AvgIpc) is 2.94. The minimum Gasteiger partial charge on any atom is -0.390 e. The molecule has 2 N–H and O–H groups in total. The van der Waals surface area contributed by atoms with Gasteiger partial charge in [0, 0.05) is 0 Å². The molecule has 0 saturated heterocycles. The van der Waals surface area contributed by atoms with Gasteiger partial charge in [-0.1, -0.05) is 158 Å². The van der Waals surface area contributed by atoms with E-state index in [-0.39, 0.29) is 10.8 Å². The summed E-state index contributed by atoms with van der Waals surface area (Å²) in [5.74, 6) is 0. The molecule has 0 spiro atoms. The Hall–Kier alpha value is -0.0800. The van der Waals surface area contributed by atoms with E-state index in [0.29, 0.717) is 0 Å². The van der Waals surface area contributed by atoms with Crippen molar-refractivity contribution in [2.24, 2.45) is 10.8 Å². The van der Waals surface area contributed by atoms with E-state index in [2.05, 4.69) is 69.2 Å². The molecule has 0 saturated carbocycles. The van der Waals surface area contributed by atoms with Crippen molar-refractivity contribution in [1.29, 1.82) is 0 Å². The predicted octanol–water partition coefficient (Wildman–Crippen LogP) is 13.0. The van der Waals surface area contributed by atoms with Crippen LogP contribution in [0.2, 0.25) is 0 Å². The highest BCUT2D eigenvalue weighted by Gasteiger charge is 2.45. The monoisotopic (exact) mass is 569 g/mol. The Labute approximate surface area is 255 Å². The first-order valence-electron chi connectivity index (χ1n) is 18.4. The molecule has 0 aromatic heterocycles. The molecule has 0 aliphatic rings. The van der Waals surface area contributed by atoms with Gasteiger partial charge in [0.15, 0.2) is 0 Å². The minimum atomic E-state index is -0.484. The van der Waals surface area contributed by atoms with Crippen molar-refractivity contribution < 1.29 is 10.2 Å². The fourth-order valence-corrected chi connectivity index (χ4v) is 7.03. The highest BCUT2D eigenvalue weighted by atomic mass is 16.3. The Bertz CT molecular complexity index is 444. The minimum absolute atomic E-state index is 0.157. The molecule has 0 heterocycles. The topological polar surface area (TPSA) is 40.5 Å². The zero-order valence-electron chi connectivity index (χ0n) is 29.9. The summed E-state index contributed by atoms with van der Waals surface area (Å²) in [6.45, 7) is 22.3. The lowest BCUT2D eigenvalue weighted by Gasteiger charge is -2.47. The molecular formula is C38H80O2. The second-order valence-electron chi connectivity index (χ2n) is 13.9. The van der Waals surface area contributed by atoms with E-state index in [9.17, 15) is 10.2 Å². The molecular weight excluding hydrogens is 488 g/mol. The molecule has 2 nitrogen and oxygen atoms in total. The quantitative estimate of drug-likeness (QED) is 0.109. The van der Waals surface area contributed by atoms with Gasteiger partial charge < -0.3 is 10.2 Å². The van der Waals surface area contributed by atoms with Crippen molar-refractivity contribution in [2.45, 2.75) is 235 Å². The van der Waals surface area contributed by atoms with Gasteiger partial charge in [0.1, 0.15) is 0 Å². The summed E-state index contributed by atoms with van der Waals surface area (Å²) in [6, 6.07) is 0. The van der Waals surface area contributed by atoms with Crippen molar-refractivity contribution in [3.63, 3.8) is 0 Å². The van der Waals surface area contributed by atoms with Crippen LogP contribution >= 0.6 is 0 Å². The smallest absolute Gasteiger partial charge is 0.0675 e. The molecule has 40 heavy (non-hydrogen) atoms. The van der Waals surface area contributed by atoms with Gasteiger partial charge in [0.25, 0.3) is 0 Å². The van der Waals surface area contributed by atoms with Crippen LogP contribution in [-0.4, -0.2) is 21.4 Å². The van der Waals surface area contributed by atoms with Crippen molar-refractivity contribution >= 4 is 0 Å². The first-order chi connectivity index (χ1) is 19.0. The molecule has 2 atom stereocenters. The van der Waals surface area contributed by atoms with Crippen LogP contribution < -0.4 is 0 Å². The van der Waals surface area contributed by atoms with E-state index < -0.39 is 11.2 Å². The standard InChI is InChI=1S/2C19H40O/c2*1-6-10-14-18(5,20)19(15-11-7-2,16-12-8-3)17-13-9-4/h2*20H,6-17H2,1-5H3.